The van der Waals surface area contributed by atoms with E-state index >= 15 is 0 Å². The molecule has 2 aliphatic heterocycles. The second-order valence-corrected chi connectivity index (χ2v) is 13.3. The lowest BCUT2D eigenvalue weighted by atomic mass is 10.0. The van der Waals surface area contributed by atoms with Gasteiger partial charge in [0.15, 0.2) is 16.9 Å². The van der Waals surface area contributed by atoms with Crippen LogP contribution >= 0.6 is 23.1 Å². The van der Waals surface area contributed by atoms with Crippen LogP contribution in [0.15, 0.2) is 82.5 Å². The molecule has 3 heterocycles. The fourth-order valence-electron chi connectivity index (χ4n) is 4.88. The topological polar surface area (TPSA) is 169 Å². The molecule has 2 atom stereocenters. The number of aliphatic hydroxyl groups excluding tert-OH is 1. The number of hydrogen-bond donors (Lipinski definition) is 3. The molecular formula is C32H33N5O8S2. The monoisotopic (exact) mass is 679 g/mol. The summed E-state index contributed by atoms with van der Waals surface area (Å²) in [6.07, 6.45) is -1.48. The quantitative estimate of drug-likeness (QED) is 0.124. The minimum absolute atomic E-state index is 0.0493. The number of ether oxygens (including phenoxy) is 2. The maximum absolute atomic E-state index is 13.8. The molecule has 1 aromatic heterocycles. The number of nitrogens with zero attached hydrogens (tertiary/aromatic N) is 3. The SMILES string of the molecule is CO/N=C(/C(=O)N[C@@H]1C(=O)N2C(C(=O)OC(c3ccccc3)c3ccccc3)=C(CO)CS[C@H]12)c1csc(NC(=O)OC(C)(C)C)n1. The smallest absolute Gasteiger partial charge is 0.413 e. The Hall–Kier alpha value is -4.73. The zero-order chi connectivity index (χ0) is 33.7. The largest absolute Gasteiger partial charge is 0.448 e. The van der Waals surface area contributed by atoms with E-state index in [0.717, 1.165) is 22.5 Å². The van der Waals surface area contributed by atoms with E-state index in [0.29, 0.717) is 5.57 Å². The van der Waals surface area contributed by atoms with E-state index in [2.05, 4.69) is 20.8 Å². The van der Waals surface area contributed by atoms with Crippen LogP contribution < -0.4 is 10.6 Å². The zero-order valence-electron chi connectivity index (χ0n) is 26.0. The molecule has 0 bridgehead atoms. The van der Waals surface area contributed by atoms with Gasteiger partial charge >= 0.3 is 12.1 Å². The molecule has 2 aromatic carbocycles. The van der Waals surface area contributed by atoms with Crippen molar-refractivity contribution < 1.29 is 38.6 Å². The number of thioether (sulfide) groups is 1. The maximum Gasteiger partial charge on any atom is 0.413 e. The number of anilines is 1. The van der Waals surface area contributed by atoms with Crippen LogP contribution in [0.5, 0.6) is 0 Å². The van der Waals surface area contributed by atoms with Crippen LogP contribution in [0.1, 0.15) is 43.7 Å². The van der Waals surface area contributed by atoms with Gasteiger partial charge in [0.05, 0.1) is 6.61 Å². The van der Waals surface area contributed by atoms with Crippen molar-refractivity contribution in [1.29, 1.82) is 0 Å². The second-order valence-electron chi connectivity index (χ2n) is 11.4. The number of fused-ring (bicyclic) bond motifs is 1. The van der Waals surface area contributed by atoms with E-state index in [-0.39, 0.29) is 28.0 Å². The minimum atomic E-state index is -1.02. The molecule has 1 saturated heterocycles. The van der Waals surface area contributed by atoms with Crippen molar-refractivity contribution >= 4 is 57.8 Å². The summed E-state index contributed by atoms with van der Waals surface area (Å²) in [6.45, 7) is 4.71. The Balaban J connectivity index is 1.31. The van der Waals surface area contributed by atoms with Gasteiger partial charge in [-0.25, -0.2) is 14.6 Å². The Kier molecular flexibility index (Phi) is 10.3. The molecule has 13 nitrogen and oxygen atoms in total. The van der Waals surface area contributed by atoms with E-state index in [9.17, 15) is 24.3 Å². The third kappa shape index (κ3) is 7.64. The van der Waals surface area contributed by atoms with Crippen molar-refractivity contribution in [2.75, 3.05) is 24.8 Å². The average Bonchev–Trinajstić information content (AvgIpc) is 3.51. The number of rotatable bonds is 10. The summed E-state index contributed by atoms with van der Waals surface area (Å²) in [5, 5.41) is 20.1. The molecule has 0 radical (unpaired) electrons. The first-order chi connectivity index (χ1) is 22.5. The van der Waals surface area contributed by atoms with E-state index < -0.39 is 53.6 Å². The van der Waals surface area contributed by atoms with E-state index in [1.165, 1.54) is 29.2 Å². The van der Waals surface area contributed by atoms with Gasteiger partial charge in [-0.05, 0) is 37.5 Å². The second kappa shape index (κ2) is 14.4. The predicted octanol–water partition coefficient (Wildman–Crippen LogP) is 3.82. The highest BCUT2D eigenvalue weighted by Crippen LogP contribution is 2.41. The van der Waals surface area contributed by atoms with Crippen LogP contribution in [-0.2, 0) is 28.7 Å². The van der Waals surface area contributed by atoms with Crippen molar-refractivity contribution in [1.82, 2.24) is 15.2 Å². The van der Waals surface area contributed by atoms with Gasteiger partial charge in [-0.15, -0.1) is 23.1 Å². The van der Waals surface area contributed by atoms with Gasteiger partial charge in [0, 0.05) is 11.1 Å². The van der Waals surface area contributed by atoms with Gasteiger partial charge < -0.3 is 24.7 Å². The molecule has 0 unspecified atom stereocenters. The van der Waals surface area contributed by atoms with Crippen LogP contribution in [0.3, 0.4) is 0 Å². The first-order valence-corrected chi connectivity index (χ1v) is 16.4. The molecule has 0 aliphatic carbocycles. The number of β-lactam (4-membered cyclic amide) rings is 1. The number of oxime groups is 1. The molecule has 2 aliphatic rings. The van der Waals surface area contributed by atoms with Crippen molar-refractivity contribution in [2.24, 2.45) is 5.16 Å². The van der Waals surface area contributed by atoms with Crippen molar-refractivity contribution in [3.05, 3.63) is 94.1 Å². The van der Waals surface area contributed by atoms with Crippen molar-refractivity contribution in [2.45, 2.75) is 43.9 Å². The molecule has 1 fully saturated rings. The number of thiazole rings is 1. The molecule has 3 amide bonds. The van der Waals surface area contributed by atoms with E-state index in [1.807, 2.05) is 60.7 Å². The molecule has 15 heteroatoms. The lowest BCUT2D eigenvalue weighted by Crippen LogP contribution is -2.71. The Morgan fingerprint density at radius 1 is 1.09 bits per heavy atom. The first kappa shape index (κ1) is 33.6. The third-order valence-corrected chi connectivity index (χ3v) is 9.00. The molecule has 3 N–H and O–H groups in total. The molecule has 3 aromatic rings. The number of amides is 3. The summed E-state index contributed by atoms with van der Waals surface area (Å²) in [7, 11) is 1.25. The molecule has 246 valence electrons. The summed E-state index contributed by atoms with van der Waals surface area (Å²) in [6, 6.07) is 17.4. The Morgan fingerprint density at radius 3 is 2.30 bits per heavy atom. The highest BCUT2D eigenvalue weighted by atomic mass is 32.2. The van der Waals surface area contributed by atoms with Crippen LogP contribution in [-0.4, -0.2) is 81.1 Å². The number of carbonyl (C=O) groups excluding carboxylic acids is 4. The third-order valence-electron chi connectivity index (χ3n) is 6.90. The standard InChI is InChI=1S/C32H33N5O8S2/c1-32(2,3)45-31(42)35-30-33-21(17-47-30)22(36-43-4)26(39)34-23-27(40)37-24(20(15-38)16-46-28(23)37)29(41)44-25(18-11-7-5-8-12-18)19-13-9-6-10-14-19/h5-14,17,23,25,28,38H,15-16H2,1-4H3,(H,34,39)(H,33,35,42)/b36-22+/t23-,28-/m1/s1. The number of aliphatic hydroxyl groups is 1. The van der Waals surface area contributed by atoms with Gasteiger partial charge in [-0.3, -0.25) is 19.8 Å². The number of carbonyl (C=O) groups is 4. The van der Waals surface area contributed by atoms with Crippen LogP contribution in [0.2, 0.25) is 0 Å². The van der Waals surface area contributed by atoms with Gasteiger partial charge in [0.1, 0.15) is 35.5 Å². The predicted molar refractivity (Wildman–Crippen MR) is 175 cm³/mol. The van der Waals surface area contributed by atoms with Gasteiger partial charge in [-0.1, -0.05) is 65.8 Å². The number of nitrogens with one attached hydrogen (secondary N) is 2. The number of aromatic nitrogens is 1. The molecule has 0 saturated carbocycles. The molecule has 47 heavy (non-hydrogen) atoms. The number of esters is 1. The Morgan fingerprint density at radius 2 is 1.72 bits per heavy atom. The van der Waals surface area contributed by atoms with Crippen LogP contribution in [0.4, 0.5) is 9.93 Å². The fourth-order valence-corrected chi connectivity index (χ4v) is 6.89. The summed E-state index contributed by atoms with van der Waals surface area (Å²) in [4.78, 5) is 63.2. The van der Waals surface area contributed by atoms with Crippen LogP contribution in [0.25, 0.3) is 0 Å². The average molecular weight is 680 g/mol. The lowest BCUT2D eigenvalue weighted by Gasteiger charge is -2.49. The minimum Gasteiger partial charge on any atom is -0.448 e. The van der Waals surface area contributed by atoms with Gasteiger partial charge in [0.25, 0.3) is 11.8 Å². The Bertz CT molecular complexity index is 1670. The van der Waals surface area contributed by atoms with Gasteiger partial charge in [-0.2, -0.15) is 0 Å². The maximum atomic E-state index is 13.8. The summed E-state index contributed by atoms with van der Waals surface area (Å²) in [5.74, 6) is -1.86. The summed E-state index contributed by atoms with van der Waals surface area (Å²) >= 11 is 2.33. The molecule has 0 spiro atoms. The van der Waals surface area contributed by atoms with Gasteiger partial charge in [0.2, 0.25) is 0 Å². The highest BCUT2D eigenvalue weighted by molar-refractivity contribution is 8.00. The Labute approximate surface area is 279 Å². The van der Waals surface area contributed by atoms with Crippen LogP contribution in [0, 0.1) is 0 Å². The van der Waals surface area contributed by atoms with E-state index in [1.54, 1.807) is 20.8 Å². The first-order valence-electron chi connectivity index (χ1n) is 14.5. The lowest BCUT2D eigenvalue weighted by molar-refractivity contribution is -0.154. The number of hydrogen-bond acceptors (Lipinski definition) is 12. The molecule has 5 rings (SSSR count). The van der Waals surface area contributed by atoms with Crippen molar-refractivity contribution in [3.63, 3.8) is 0 Å². The van der Waals surface area contributed by atoms with E-state index in [4.69, 9.17) is 14.3 Å². The van der Waals surface area contributed by atoms with Crippen molar-refractivity contribution in [3.8, 4) is 0 Å². The summed E-state index contributed by atoms with van der Waals surface area (Å²) < 4.78 is 11.3. The normalized spacial score (nSPS) is 17.9. The summed E-state index contributed by atoms with van der Waals surface area (Å²) in [5.41, 5.74) is 0.901. The molecular weight excluding hydrogens is 647 g/mol. The zero-order valence-corrected chi connectivity index (χ0v) is 27.6. The fraction of sp³-hybridized carbons (Fsp3) is 0.312. The number of benzene rings is 2. The highest BCUT2D eigenvalue weighted by Gasteiger charge is 2.55.